The monoisotopic (exact) mass is 194 g/mol. The molecule has 4 heteroatoms. The second-order valence-corrected chi connectivity index (χ2v) is 3.01. The largest absolute Gasteiger partial charge is 0.492 e. The SMILES string of the molecule is CCOc1cc(C)ccc1N(C)N=O. The van der Waals surface area contributed by atoms with E-state index in [-0.39, 0.29) is 0 Å². The molecule has 0 saturated heterocycles. The van der Waals surface area contributed by atoms with Crippen LogP contribution < -0.4 is 9.75 Å². The highest BCUT2D eigenvalue weighted by molar-refractivity contribution is 5.58. The van der Waals surface area contributed by atoms with Crippen LogP contribution in [0.2, 0.25) is 0 Å². The molecule has 0 amide bonds. The summed E-state index contributed by atoms with van der Waals surface area (Å²) in [4.78, 5) is 10.4. The lowest BCUT2D eigenvalue weighted by atomic mass is 10.2. The molecule has 0 fully saturated rings. The number of anilines is 1. The van der Waals surface area contributed by atoms with Crippen LogP contribution in [0.15, 0.2) is 23.5 Å². The number of hydrogen-bond acceptors (Lipinski definition) is 3. The third-order valence-corrected chi connectivity index (χ3v) is 1.89. The third kappa shape index (κ3) is 2.22. The minimum absolute atomic E-state index is 0.573. The second kappa shape index (κ2) is 4.60. The molecule has 0 spiro atoms. The Hall–Kier alpha value is -1.58. The van der Waals surface area contributed by atoms with Crippen molar-refractivity contribution >= 4 is 5.69 Å². The van der Waals surface area contributed by atoms with Crippen LogP contribution in [0.4, 0.5) is 5.69 Å². The Morgan fingerprint density at radius 2 is 2.21 bits per heavy atom. The summed E-state index contributed by atoms with van der Waals surface area (Å²) in [5, 5.41) is 4.09. The predicted octanol–water partition coefficient (Wildman–Crippen LogP) is 2.51. The molecule has 0 aliphatic carbocycles. The summed E-state index contributed by atoms with van der Waals surface area (Å²) < 4.78 is 5.40. The highest BCUT2D eigenvalue weighted by Gasteiger charge is 2.08. The maximum Gasteiger partial charge on any atom is 0.144 e. The zero-order chi connectivity index (χ0) is 10.6. The number of aryl methyl sites for hydroxylation is 1. The molecule has 1 rings (SSSR count). The molecular formula is C10H14N2O2. The average molecular weight is 194 g/mol. The van der Waals surface area contributed by atoms with Crippen LogP contribution in [0.1, 0.15) is 12.5 Å². The summed E-state index contributed by atoms with van der Waals surface area (Å²) in [6.07, 6.45) is 0. The van der Waals surface area contributed by atoms with Gasteiger partial charge in [-0.25, -0.2) is 5.01 Å². The first-order valence-electron chi connectivity index (χ1n) is 4.49. The van der Waals surface area contributed by atoms with Crippen molar-refractivity contribution < 1.29 is 4.74 Å². The van der Waals surface area contributed by atoms with Gasteiger partial charge in [0.25, 0.3) is 0 Å². The third-order valence-electron chi connectivity index (χ3n) is 1.89. The van der Waals surface area contributed by atoms with Gasteiger partial charge in [-0.2, -0.15) is 0 Å². The number of hydrogen-bond donors (Lipinski definition) is 0. The summed E-state index contributed by atoms with van der Waals surface area (Å²) >= 11 is 0. The number of benzene rings is 1. The van der Waals surface area contributed by atoms with Gasteiger partial charge in [0.05, 0.1) is 11.9 Å². The standard InChI is InChI=1S/C10H14N2O2/c1-4-14-10-7-8(2)5-6-9(10)12(3)11-13/h5-7H,4H2,1-3H3. The van der Waals surface area contributed by atoms with Crippen LogP contribution in [-0.4, -0.2) is 13.7 Å². The van der Waals surface area contributed by atoms with E-state index in [1.54, 1.807) is 7.05 Å². The smallest absolute Gasteiger partial charge is 0.144 e. The Bertz CT molecular complexity index is 326. The Labute approximate surface area is 83.4 Å². The molecule has 0 aromatic heterocycles. The van der Waals surface area contributed by atoms with Crippen LogP contribution in [0.25, 0.3) is 0 Å². The van der Waals surface area contributed by atoms with Gasteiger partial charge < -0.3 is 4.74 Å². The number of ether oxygens (including phenoxy) is 1. The zero-order valence-corrected chi connectivity index (χ0v) is 8.65. The molecule has 0 radical (unpaired) electrons. The van der Waals surface area contributed by atoms with E-state index < -0.39 is 0 Å². The van der Waals surface area contributed by atoms with E-state index in [9.17, 15) is 4.91 Å². The van der Waals surface area contributed by atoms with Crippen molar-refractivity contribution in [2.45, 2.75) is 13.8 Å². The highest BCUT2D eigenvalue weighted by Crippen LogP contribution is 2.28. The molecule has 0 atom stereocenters. The van der Waals surface area contributed by atoms with Crippen molar-refractivity contribution in [1.82, 2.24) is 0 Å². The highest BCUT2D eigenvalue weighted by atomic mass is 16.5. The van der Waals surface area contributed by atoms with Crippen molar-refractivity contribution in [3.05, 3.63) is 28.7 Å². The summed E-state index contributed by atoms with van der Waals surface area (Å²) in [6, 6.07) is 5.63. The van der Waals surface area contributed by atoms with E-state index in [2.05, 4.69) is 5.29 Å². The molecule has 0 unspecified atom stereocenters. The van der Waals surface area contributed by atoms with E-state index in [4.69, 9.17) is 4.74 Å². The molecule has 1 aromatic rings. The molecule has 0 aliphatic heterocycles. The van der Waals surface area contributed by atoms with Gasteiger partial charge in [-0.1, -0.05) is 6.07 Å². The van der Waals surface area contributed by atoms with Gasteiger partial charge in [-0.15, -0.1) is 4.91 Å². The molecule has 0 aliphatic rings. The molecule has 4 nitrogen and oxygen atoms in total. The molecule has 14 heavy (non-hydrogen) atoms. The number of nitrogens with zero attached hydrogens (tertiary/aromatic N) is 2. The molecular weight excluding hydrogens is 180 g/mol. The minimum atomic E-state index is 0.573. The number of rotatable bonds is 4. The zero-order valence-electron chi connectivity index (χ0n) is 8.65. The van der Waals surface area contributed by atoms with E-state index in [1.807, 2.05) is 32.0 Å². The molecule has 76 valence electrons. The van der Waals surface area contributed by atoms with Gasteiger partial charge in [-0.05, 0) is 31.5 Å². The Morgan fingerprint density at radius 1 is 1.50 bits per heavy atom. The first-order chi connectivity index (χ1) is 6.69. The fraction of sp³-hybridized carbons (Fsp3) is 0.400. The lowest BCUT2D eigenvalue weighted by molar-refractivity contribution is 0.340. The summed E-state index contributed by atoms with van der Waals surface area (Å²) in [5.74, 6) is 0.689. The van der Waals surface area contributed by atoms with E-state index >= 15 is 0 Å². The first-order valence-corrected chi connectivity index (χ1v) is 4.49. The van der Waals surface area contributed by atoms with Crippen molar-refractivity contribution in [2.24, 2.45) is 5.29 Å². The average Bonchev–Trinajstić information content (AvgIpc) is 2.17. The molecule has 0 bridgehead atoms. The Kier molecular flexibility index (Phi) is 3.45. The summed E-state index contributed by atoms with van der Waals surface area (Å²) in [7, 11) is 1.60. The van der Waals surface area contributed by atoms with Crippen LogP contribution in [0.3, 0.4) is 0 Å². The lowest BCUT2D eigenvalue weighted by Crippen LogP contribution is -2.09. The normalized spacial score (nSPS) is 9.64. The Morgan fingerprint density at radius 3 is 2.79 bits per heavy atom. The second-order valence-electron chi connectivity index (χ2n) is 3.01. The quantitative estimate of drug-likeness (QED) is 0.546. The van der Waals surface area contributed by atoms with Gasteiger partial charge >= 0.3 is 0 Å². The molecule has 0 saturated carbocycles. The van der Waals surface area contributed by atoms with E-state index in [0.29, 0.717) is 18.0 Å². The summed E-state index contributed by atoms with van der Waals surface area (Å²) in [5.41, 5.74) is 1.78. The van der Waals surface area contributed by atoms with Crippen molar-refractivity contribution in [2.75, 3.05) is 18.7 Å². The van der Waals surface area contributed by atoms with Crippen molar-refractivity contribution in [3.63, 3.8) is 0 Å². The molecule has 0 N–H and O–H groups in total. The Balaban J connectivity index is 3.07. The van der Waals surface area contributed by atoms with Crippen molar-refractivity contribution in [1.29, 1.82) is 0 Å². The van der Waals surface area contributed by atoms with Crippen LogP contribution in [-0.2, 0) is 0 Å². The fourth-order valence-corrected chi connectivity index (χ4v) is 1.20. The van der Waals surface area contributed by atoms with E-state index in [0.717, 1.165) is 5.56 Å². The van der Waals surface area contributed by atoms with Crippen LogP contribution >= 0.6 is 0 Å². The van der Waals surface area contributed by atoms with Gasteiger partial charge in [0, 0.05) is 7.05 Å². The first kappa shape index (κ1) is 10.5. The number of nitroso groups, excluding NO2 is 1. The van der Waals surface area contributed by atoms with Gasteiger partial charge in [0.1, 0.15) is 11.4 Å². The summed E-state index contributed by atoms with van der Waals surface area (Å²) in [6.45, 7) is 4.45. The predicted molar refractivity (Wildman–Crippen MR) is 56.5 cm³/mol. The van der Waals surface area contributed by atoms with E-state index in [1.165, 1.54) is 5.01 Å². The minimum Gasteiger partial charge on any atom is -0.492 e. The molecule has 1 aromatic carbocycles. The van der Waals surface area contributed by atoms with Gasteiger partial charge in [-0.3, -0.25) is 0 Å². The maximum absolute atomic E-state index is 10.4. The van der Waals surface area contributed by atoms with Gasteiger partial charge in [0.15, 0.2) is 0 Å². The van der Waals surface area contributed by atoms with Gasteiger partial charge in [0.2, 0.25) is 0 Å². The van der Waals surface area contributed by atoms with Crippen molar-refractivity contribution in [3.8, 4) is 5.75 Å². The fourth-order valence-electron chi connectivity index (χ4n) is 1.20. The maximum atomic E-state index is 10.4. The van der Waals surface area contributed by atoms with Crippen LogP contribution in [0, 0.1) is 11.8 Å². The van der Waals surface area contributed by atoms with Crippen LogP contribution in [0.5, 0.6) is 5.75 Å². The lowest BCUT2D eigenvalue weighted by Gasteiger charge is -2.14. The molecule has 0 heterocycles. The topological polar surface area (TPSA) is 41.9 Å².